The predicted octanol–water partition coefficient (Wildman–Crippen LogP) is 2.55. The van der Waals surface area contributed by atoms with Crippen molar-refractivity contribution < 1.29 is 4.52 Å². The minimum atomic E-state index is 0.362. The van der Waals surface area contributed by atoms with E-state index in [1.165, 1.54) is 5.56 Å². The third kappa shape index (κ3) is 2.11. The zero-order valence-corrected chi connectivity index (χ0v) is 10.4. The van der Waals surface area contributed by atoms with Gasteiger partial charge in [0.2, 0.25) is 5.88 Å². The van der Waals surface area contributed by atoms with Gasteiger partial charge in [0, 0.05) is 25.3 Å². The van der Waals surface area contributed by atoms with E-state index >= 15 is 0 Å². The first-order valence-electron chi connectivity index (χ1n) is 5.64. The number of nitrogens with zero attached hydrogens (tertiary/aromatic N) is 2. The predicted molar refractivity (Wildman–Crippen MR) is 70.1 cm³/mol. The summed E-state index contributed by atoms with van der Waals surface area (Å²) in [5.41, 5.74) is 10.1. The Bertz CT molecular complexity index is 517. The van der Waals surface area contributed by atoms with Crippen molar-refractivity contribution in [3.8, 4) is 11.1 Å². The molecular formula is C13H17N3O. The Kier molecular flexibility index (Phi) is 3.04. The number of rotatable bonds is 3. The van der Waals surface area contributed by atoms with Crippen LogP contribution in [0.25, 0.3) is 11.1 Å². The second-order valence-corrected chi connectivity index (χ2v) is 4.20. The van der Waals surface area contributed by atoms with Crippen LogP contribution in [-0.2, 0) is 6.42 Å². The van der Waals surface area contributed by atoms with Crippen LogP contribution >= 0.6 is 0 Å². The van der Waals surface area contributed by atoms with Gasteiger partial charge in [-0.1, -0.05) is 18.1 Å². The summed E-state index contributed by atoms with van der Waals surface area (Å²) in [6.07, 6.45) is 2.66. The molecule has 4 nitrogen and oxygen atoms in total. The Balaban J connectivity index is 2.61. The molecule has 0 amide bonds. The van der Waals surface area contributed by atoms with E-state index in [1.54, 1.807) is 6.20 Å². The van der Waals surface area contributed by atoms with Gasteiger partial charge < -0.3 is 15.2 Å². The van der Waals surface area contributed by atoms with Crippen LogP contribution in [0.2, 0.25) is 0 Å². The van der Waals surface area contributed by atoms with E-state index in [9.17, 15) is 0 Å². The molecule has 0 unspecified atom stereocenters. The van der Waals surface area contributed by atoms with Crippen LogP contribution in [0.15, 0.2) is 28.9 Å². The highest BCUT2D eigenvalue weighted by molar-refractivity contribution is 5.83. The molecule has 0 radical (unpaired) electrons. The molecule has 17 heavy (non-hydrogen) atoms. The third-order valence-corrected chi connectivity index (χ3v) is 2.84. The molecule has 0 aliphatic heterocycles. The molecule has 0 bridgehead atoms. The Hall–Kier alpha value is -1.97. The fourth-order valence-corrected chi connectivity index (χ4v) is 1.86. The molecule has 0 aliphatic rings. The largest absolute Gasteiger partial charge is 0.377 e. The number of aryl methyl sites for hydroxylation is 1. The number of anilines is 2. The monoisotopic (exact) mass is 231 g/mol. The van der Waals surface area contributed by atoms with Crippen LogP contribution in [0.4, 0.5) is 11.6 Å². The molecule has 90 valence electrons. The number of nitrogens with two attached hydrogens (primary N) is 1. The lowest BCUT2D eigenvalue weighted by atomic mass is 10.0. The summed E-state index contributed by atoms with van der Waals surface area (Å²) in [5.74, 6) is 0.362. The summed E-state index contributed by atoms with van der Waals surface area (Å²) < 4.78 is 4.94. The fourth-order valence-electron chi connectivity index (χ4n) is 1.86. The molecule has 2 aromatic rings. The number of benzene rings is 1. The zero-order chi connectivity index (χ0) is 12.4. The summed E-state index contributed by atoms with van der Waals surface area (Å²) >= 11 is 0. The van der Waals surface area contributed by atoms with Gasteiger partial charge in [0.15, 0.2) is 0 Å². The number of hydrogen-bond donors (Lipinski definition) is 1. The van der Waals surface area contributed by atoms with Crippen molar-refractivity contribution in [2.75, 3.05) is 24.7 Å². The number of hydrogen-bond acceptors (Lipinski definition) is 4. The highest BCUT2D eigenvalue weighted by Gasteiger charge is 2.13. The third-order valence-electron chi connectivity index (χ3n) is 2.84. The first-order chi connectivity index (χ1) is 8.13. The SMILES string of the molecule is CCc1ccc(N(C)C)c(-c2cnoc2N)c1. The van der Waals surface area contributed by atoms with Crippen molar-refractivity contribution in [3.63, 3.8) is 0 Å². The Labute approximate surface area is 101 Å². The molecule has 1 aromatic carbocycles. The molecule has 0 spiro atoms. The van der Waals surface area contributed by atoms with Crippen LogP contribution in [-0.4, -0.2) is 19.3 Å². The average Bonchev–Trinajstić information content (AvgIpc) is 2.74. The summed E-state index contributed by atoms with van der Waals surface area (Å²) in [5, 5.41) is 3.74. The summed E-state index contributed by atoms with van der Waals surface area (Å²) in [4.78, 5) is 2.06. The van der Waals surface area contributed by atoms with Crippen molar-refractivity contribution in [3.05, 3.63) is 30.0 Å². The van der Waals surface area contributed by atoms with Gasteiger partial charge in [-0.2, -0.15) is 0 Å². The summed E-state index contributed by atoms with van der Waals surface area (Å²) in [7, 11) is 4.02. The molecule has 2 rings (SSSR count). The van der Waals surface area contributed by atoms with Gasteiger partial charge in [-0.15, -0.1) is 0 Å². The van der Waals surface area contributed by atoms with Crippen LogP contribution in [0.1, 0.15) is 12.5 Å². The van der Waals surface area contributed by atoms with Gasteiger partial charge in [-0.25, -0.2) is 0 Å². The highest BCUT2D eigenvalue weighted by Crippen LogP contribution is 2.34. The van der Waals surface area contributed by atoms with Gasteiger partial charge >= 0.3 is 0 Å². The average molecular weight is 231 g/mol. The van der Waals surface area contributed by atoms with Crippen LogP contribution < -0.4 is 10.6 Å². The smallest absolute Gasteiger partial charge is 0.230 e. The van der Waals surface area contributed by atoms with Crippen molar-refractivity contribution in [1.82, 2.24) is 5.16 Å². The minimum absolute atomic E-state index is 0.362. The van der Waals surface area contributed by atoms with Gasteiger partial charge in [0.05, 0.1) is 11.8 Å². The Morgan fingerprint density at radius 3 is 2.59 bits per heavy atom. The molecule has 2 N–H and O–H groups in total. The van der Waals surface area contributed by atoms with Crippen molar-refractivity contribution >= 4 is 11.6 Å². The second-order valence-electron chi connectivity index (χ2n) is 4.20. The molecule has 1 heterocycles. The van der Waals surface area contributed by atoms with Gasteiger partial charge in [-0.3, -0.25) is 0 Å². The zero-order valence-electron chi connectivity index (χ0n) is 10.4. The molecule has 0 atom stereocenters. The van der Waals surface area contributed by atoms with Gasteiger partial charge in [0.1, 0.15) is 0 Å². The molecule has 4 heteroatoms. The highest BCUT2D eigenvalue weighted by atomic mass is 16.5. The maximum Gasteiger partial charge on any atom is 0.230 e. The lowest BCUT2D eigenvalue weighted by Crippen LogP contribution is -2.10. The van der Waals surface area contributed by atoms with Crippen LogP contribution in [0.5, 0.6) is 0 Å². The van der Waals surface area contributed by atoms with E-state index in [1.807, 2.05) is 14.1 Å². The molecule has 1 aromatic heterocycles. The summed E-state index contributed by atoms with van der Waals surface area (Å²) in [6.45, 7) is 2.13. The standard InChI is InChI=1S/C13H17N3O/c1-4-9-5-6-12(16(2)3)10(7-9)11-8-15-17-13(11)14/h5-8H,4,14H2,1-3H3. The first kappa shape index (κ1) is 11.5. The maximum atomic E-state index is 5.79. The maximum absolute atomic E-state index is 5.79. The van der Waals surface area contributed by atoms with Crippen LogP contribution in [0.3, 0.4) is 0 Å². The molecule has 0 fully saturated rings. The topological polar surface area (TPSA) is 55.3 Å². The minimum Gasteiger partial charge on any atom is -0.377 e. The number of aromatic nitrogens is 1. The first-order valence-corrected chi connectivity index (χ1v) is 5.64. The van der Waals surface area contributed by atoms with Crippen molar-refractivity contribution in [2.45, 2.75) is 13.3 Å². The number of nitrogen functional groups attached to an aromatic ring is 1. The Morgan fingerprint density at radius 1 is 1.29 bits per heavy atom. The van der Waals surface area contributed by atoms with E-state index in [0.29, 0.717) is 5.88 Å². The van der Waals surface area contributed by atoms with Crippen LogP contribution in [0, 0.1) is 0 Å². The molecule has 0 aliphatic carbocycles. The van der Waals surface area contributed by atoms with E-state index in [-0.39, 0.29) is 0 Å². The van der Waals surface area contributed by atoms with E-state index in [0.717, 1.165) is 23.2 Å². The quantitative estimate of drug-likeness (QED) is 0.882. The van der Waals surface area contributed by atoms with Crippen molar-refractivity contribution in [2.24, 2.45) is 0 Å². The normalized spacial score (nSPS) is 10.5. The fraction of sp³-hybridized carbons (Fsp3) is 0.308. The van der Waals surface area contributed by atoms with E-state index in [2.05, 4.69) is 35.2 Å². The lowest BCUT2D eigenvalue weighted by Gasteiger charge is -2.17. The second kappa shape index (κ2) is 4.49. The summed E-state index contributed by atoms with van der Waals surface area (Å²) in [6, 6.07) is 6.36. The van der Waals surface area contributed by atoms with E-state index in [4.69, 9.17) is 10.3 Å². The van der Waals surface area contributed by atoms with Gasteiger partial charge in [-0.05, 0) is 24.1 Å². The van der Waals surface area contributed by atoms with Crippen molar-refractivity contribution in [1.29, 1.82) is 0 Å². The Morgan fingerprint density at radius 2 is 2.06 bits per heavy atom. The van der Waals surface area contributed by atoms with Gasteiger partial charge in [0.25, 0.3) is 0 Å². The molecule has 0 saturated carbocycles. The lowest BCUT2D eigenvalue weighted by molar-refractivity contribution is 0.436. The van der Waals surface area contributed by atoms with E-state index < -0.39 is 0 Å². The molecule has 0 saturated heterocycles. The molecular weight excluding hydrogens is 214 g/mol.